The molecule has 2 saturated carbocycles. The molecular weight excluding hydrogens is 504 g/mol. The minimum Gasteiger partial charge on any atom is -0.332 e. The van der Waals surface area contributed by atoms with Crippen LogP contribution in [0.4, 0.5) is 0 Å². The maximum Gasteiger partial charge on any atom is 0.332 e. The number of carbonyl (C=O) groups excluding carboxylic acids is 1. The molecule has 0 bridgehead atoms. The van der Waals surface area contributed by atoms with Crippen LogP contribution >= 0.6 is 0 Å². The van der Waals surface area contributed by atoms with Gasteiger partial charge < -0.3 is 4.98 Å². The van der Waals surface area contributed by atoms with Crippen LogP contribution in [0.3, 0.4) is 0 Å². The van der Waals surface area contributed by atoms with Gasteiger partial charge in [0.15, 0.2) is 5.65 Å². The molecular formula is C31H36N6O3. The van der Waals surface area contributed by atoms with Crippen LogP contribution in [-0.4, -0.2) is 34.6 Å². The van der Waals surface area contributed by atoms with Crippen molar-refractivity contribution < 1.29 is 4.79 Å². The Morgan fingerprint density at radius 1 is 0.950 bits per heavy atom. The van der Waals surface area contributed by atoms with Crippen molar-refractivity contribution in [2.24, 2.45) is 11.8 Å². The van der Waals surface area contributed by atoms with Gasteiger partial charge in [0.05, 0.1) is 0 Å². The summed E-state index contributed by atoms with van der Waals surface area (Å²) in [7, 11) is 0. The van der Waals surface area contributed by atoms with Crippen molar-refractivity contribution >= 4 is 23.1 Å². The minimum absolute atomic E-state index is 0.197. The summed E-state index contributed by atoms with van der Waals surface area (Å²) in [5.41, 5.74) is 1.90. The Bertz CT molecular complexity index is 1630. The van der Waals surface area contributed by atoms with E-state index in [1.54, 1.807) is 23.0 Å². The Morgan fingerprint density at radius 2 is 1.65 bits per heavy atom. The molecule has 9 nitrogen and oxygen atoms in total. The molecule has 3 heterocycles. The highest BCUT2D eigenvalue weighted by molar-refractivity contribution is 5.93. The Labute approximate surface area is 232 Å². The van der Waals surface area contributed by atoms with Crippen molar-refractivity contribution in [1.29, 1.82) is 0 Å². The second kappa shape index (κ2) is 11.6. The SMILES string of the molecule is O=C(C=Cc1cccc(-c2nc3c([nH]2)c(=O)n(CC2CCCCC2)c(=O)n3CC2CCCCC2)c1)n1ccnc1. The standard InChI is InChI=1S/C31H36N6O3/c38-26(35-17-16-32-21-35)15-14-22-12-7-13-25(18-22)28-33-27-29(34-28)36(19-23-8-3-1-4-9-23)31(40)37(30(27)39)20-24-10-5-2-6-11-24/h7,12-18,21,23-24H,1-6,8-11,19-20H2,(H,33,34). The lowest BCUT2D eigenvalue weighted by Gasteiger charge is -2.24. The Balaban J connectivity index is 1.38. The topological polar surface area (TPSA) is 108 Å². The summed E-state index contributed by atoms with van der Waals surface area (Å²) < 4.78 is 4.62. The number of imidazole rings is 2. The maximum atomic E-state index is 13.8. The van der Waals surface area contributed by atoms with Crippen LogP contribution < -0.4 is 11.2 Å². The van der Waals surface area contributed by atoms with Gasteiger partial charge >= 0.3 is 5.69 Å². The van der Waals surface area contributed by atoms with E-state index in [4.69, 9.17) is 4.98 Å². The summed E-state index contributed by atoms with van der Waals surface area (Å²) in [6.45, 7) is 1.06. The molecule has 1 aromatic carbocycles. The van der Waals surface area contributed by atoms with Crippen molar-refractivity contribution in [2.45, 2.75) is 77.3 Å². The predicted molar refractivity (Wildman–Crippen MR) is 155 cm³/mol. The number of benzene rings is 1. The molecule has 0 unspecified atom stereocenters. The zero-order chi connectivity index (χ0) is 27.5. The lowest BCUT2D eigenvalue weighted by molar-refractivity contribution is 0.0969. The van der Waals surface area contributed by atoms with Crippen LogP contribution in [-0.2, 0) is 13.1 Å². The van der Waals surface area contributed by atoms with E-state index in [1.807, 2.05) is 24.3 Å². The van der Waals surface area contributed by atoms with Crippen LogP contribution in [0.1, 0.15) is 74.6 Å². The van der Waals surface area contributed by atoms with Crippen molar-refractivity contribution in [3.05, 3.63) is 75.5 Å². The molecule has 2 aliphatic rings. The molecule has 0 atom stereocenters. The number of fused-ring (bicyclic) bond motifs is 1. The van der Waals surface area contributed by atoms with Crippen molar-refractivity contribution in [3.63, 3.8) is 0 Å². The van der Waals surface area contributed by atoms with E-state index in [-0.39, 0.29) is 17.2 Å². The Hall–Kier alpha value is -4.01. The fraction of sp³-hybridized carbons (Fsp3) is 0.452. The molecule has 2 aliphatic carbocycles. The van der Waals surface area contributed by atoms with Gasteiger partial charge in [0.25, 0.3) is 11.5 Å². The molecule has 1 N–H and O–H groups in total. The first-order valence-electron chi connectivity index (χ1n) is 14.6. The van der Waals surface area contributed by atoms with Crippen LogP contribution in [0.15, 0.2) is 58.7 Å². The van der Waals surface area contributed by atoms with Crippen LogP contribution in [0.25, 0.3) is 28.6 Å². The van der Waals surface area contributed by atoms with E-state index < -0.39 is 0 Å². The molecule has 4 aromatic rings. The summed E-state index contributed by atoms with van der Waals surface area (Å²) >= 11 is 0. The van der Waals surface area contributed by atoms with E-state index in [1.165, 1.54) is 47.2 Å². The second-order valence-corrected chi connectivity index (χ2v) is 11.4. The van der Waals surface area contributed by atoms with Crippen molar-refractivity contribution in [1.82, 2.24) is 28.7 Å². The molecule has 208 valence electrons. The molecule has 0 spiro atoms. The lowest BCUT2D eigenvalue weighted by atomic mass is 9.89. The summed E-state index contributed by atoms with van der Waals surface area (Å²) in [5.74, 6) is 1.11. The third-order valence-corrected chi connectivity index (χ3v) is 8.53. The van der Waals surface area contributed by atoms with Gasteiger partial charge in [-0.1, -0.05) is 56.7 Å². The molecule has 0 radical (unpaired) electrons. The van der Waals surface area contributed by atoms with Gasteiger partial charge in [-0.05, 0) is 55.2 Å². The Kier molecular flexibility index (Phi) is 7.62. The number of hydrogen-bond donors (Lipinski definition) is 1. The largest absolute Gasteiger partial charge is 0.332 e. The number of rotatable bonds is 7. The molecule has 0 amide bonds. The third-order valence-electron chi connectivity index (χ3n) is 8.53. The van der Waals surface area contributed by atoms with Gasteiger partial charge in [0.1, 0.15) is 17.7 Å². The van der Waals surface area contributed by atoms with E-state index in [2.05, 4.69) is 9.97 Å². The summed E-state index contributed by atoms with van der Waals surface area (Å²) in [4.78, 5) is 51.9. The quantitative estimate of drug-likeness (QED) is 0.322. The maximum absolute atomic E-state index is 13.8. The first-order valence-corrected chi connectivity index (χ1v) is 14.6. The molecule has 0 saturated heterocycles. The minimum atomic E-state index is -0.286. The third kappa shape index (κ3) is 5.50. The van der Waals surface area contributed by atoms with Gasteiger partial charge in [-0.15, -0.1) is 0 Å². The van der Waals surface area contributed by atoms with Gasteiger partial charge in [-0.2, -0.15) is 0 Å². The highest BCUT2D eigenvalue weighted by Crippen LogP contribution is 2.27. The molecule has 0 aliphatic heterocycles. The van der Waals surface area contributed by atoms with E-state index >= 15 is 0 Å². The number of hydrogen-bond acceptors (Lipinski definition) is 5. The molecule has 6 rings (SSSR count). The number of aromatic amines is 1. The number of allylic oxidation sites excluding steroid dienone is 1. The molecule has 2 fully saturated rings. The lowest BCUT2D eigenvalue weighted by Crippen LogP contribution is -2.42. The van der Waals surface area contributed by atoms with Gasteiger partial charge in [0, 0.05) is 37.1 Å². The first-order chi connectivity index (χ1) is 19.6. The van der Waals surface area contributed by atoms with E-state index in [0.29, 0.717) is 41.9 Å². The number of H-pyrrole nitrogens is 1. The molecule has 3 aromatic heterocycles. The molecule has 40 heavy (non-hydrogen) atoms. The number of nitrogens with zero attached hydrogens (tertiary/aromatic N) is 5. The number of aromatic nitrogens is 6. The second-order valence-electron chi connectivity index (χ2n) is 11.4. The average Bonchev–Trinajstić information content (AvgIpc) is 3.69. The summed E-state index contributed by atoms with van der Waals surface area (Å²) in [6, 6.07) is 7.62. The fourth-order valence-electron chi connectivity index (χ4n) is 6.32. The zero-order valence-electron chi connectivity index (χ0n) is 22.8. The number of carbonyl (C=O) groups is 1. The normalized spacial score (nSPS) is 17.2. The fourth-order valence-corrected chi connectivity index (χ4v) is 6.32. The highest BCUT2D eigenvalue weighted by Gasteiger charge is 2.24. The van der Waals surface area contributed by atoms with Crippen LogP contribution in [0, 0.1) is 11.8 Å². The average molecular weight is 541 g/mol. The monoisotopic (exact) mass is 540 g/mol. The smallest absolute Gasteiger partial charge is 0.332 e. The zero-order valence-corrected chi connectivity index (χ0v) is 22.8. The highest BCUT2D eigenvalue weighted by atomic mass is 16.2. The summed E-state index contributed by atoms with van der Waals surface area (Å²) in [6.07, 6.45) is 19.3. The predicted octanol–water partition coefficient (Wildman–Crippen LogP) is 5.26. The van der Waals surface area contributed by atoms with E-state index in [9.17, 15) is 14.4 Å². The Morgan fingerprint density at radius 3 is 2.33 bits per heavy atom. The first kappa shape index (κ1) is 26.2. The number of nitrogens with one attached hydrogen (secondary N) is 1. The van der Waals surface area contributed by atoms with Gasteiger partial charge in [-0.25, -0.2) is 14.8 Å². The molecule has 9 heteroatoms. The summed E-state index contributed by atoms with van der Waals surface area (Å²) in [5, 5.41) is 0. The van der Waals surface area contributed by atoms with Crippen molar-refractivity contribution in [3.8, 4) is 11.4 Å². The van der Waals surface area contributed by atoms with Gasteiger partial charge in [-0.3, -0.25) is 23.3 Å². The van der Waals surface area contributed by atoms with E-state index in [0.717, 1.165) is 49.7 Å². The van der Waals surface area contributed by atoms with Crippen LogP contribution in [0.2, 0.25) is 0 Å². The van der Waals surface area contributed by atoms with Gasteiger partial charge in [0.2, 0.25) is 0 Å². The van der Waals surface area contributed by atoms with Crippen LogP contribution in [0.5, 0.6) is 0 Å². The van der Waals surface area contributed by atoms with Crippen molar-refractivity contribution in [2.75, 3.05) is 0 Å².